The smallest absolute Gasteiger partial charge is 0.0494 e. The van der Waals surface area contributed by atoms with E-state index in [2.05, 4.69) is 52.9 Å². The number of benzene rings is 1. The molecule has 0 radical (unpaired) electrons. The highest BCUT2D eigenvalue weighted by Gasteiger charge is 2.24. The molecule has 1 aliphatic rings. The van der Waals surface area contributed by atoms with Crippen molar-refractivity contribution in [1.82, 2.24) is 0 Å². The van der Waals surface area contributed by atoms with Gasteiger partial charge >= 0.3 is 0 Å². The van der Waals surface area contributed by atoms with Gasteiger partial charge in [0.25, 0.3) is 0 Å². The summed E-state index contributed by atoms with van der Waals surface area (Å²) in [6.07, 6.45) is 6.63. The fraction of sp³-hybridized carbons (Fsp3) is 0.647. The Bertz CT molecular complexity index is 427. The summed E-state index contributed by atoms with van der Waals surface area (Å²) < 4.78 is 1.15. The lowest BCUT2D eigenvalue weighted by atomic mass is 10.1. The van der Waals surface area contributed by atoms with Gasteiger partial charge < -0.3 is 4.90 Å². The molecule has 0 bridgehead atoms. The standard InChI is InChI=1S/C17H25BrClN/c1-13(2)9-10-20(16-5-3-4-6-16)17-11-15(18)8-7-14(17)12-19/h7-8,11,13,16H,3-6,9-10,12H2,1-2H3. The first-order valence-corrected chi connectivity index (χ1v) is 9.05. The molecule has 0 atom stereocenters. The molecule has 1 fully saturated rings. The number of halogens is 2. The molecule has 0 N–H and O–H groups in total. The minimum absolute atomic E-state index is 0.591. The zero-order valence-corrected chi connectivity index (χ0v) is 14.9. The molecule has 1 aliphatic carbocycles. The summed E-state index contributed by atoms with van der Waals surface area (Å²) in [6, 6.07) is 7.20. The van der Waals surface area contributed by atoms with Gasteiger partial charge in [-0.1, -0.05) is 48.7 Å². The molecule has 1 aromatic carbocycles. The Morgan fingerprint density at radius 2 is 2.00 bits per heavy atom. The Labute approximate surface area is 136 Å². The average Bonchev–Trinajstić information content (AvgIpc) is 2.93. The highest BCUT2D eigenvalue weighted by molar-refractivity contribution is 9.10. The minimum atomic E-state index is 0.591. The summed E-state index contributed by atoms with van der Waals surface area (Å²) >= 11 is 9.77. The second kappa shape index (κ2) is 7.70. The molecule has 2 rings (SSSR count). The third kappa shape index (κ3) is 4.14. The average molecular weight is 359 g/mol. The fourth-order valence-corrected chi connectivity index (χ4v) is 3.61. The molecule has 20 heavy (non-hydrogen) atoms. The van der Waals surface area contributed by atoms with Crippen LogP contribution in [-0.2, 0) is 5.88 Å². The molecule has 0 unspecified atom stereocenters. The SMILES string of the molecule is CC(C)CCN(c1cc(Br)ccc1CCl)C1CCCC1. The van der Waals surface area contributed by atoms with Crippen LogP contribution in [0, 0.1) is 5.92 Å². The van der Waals surface area contributed by atoms with Crippen LogP contribution in [0.25, 0.3) is 0 Å². The van der Waals surface area contributed by atoms with E-state index in [1.54, 1.807) is 0 Å². The Hall–Kier alpha value is -0.210. The van der Waals surface area contributed by atoms with E-state index in [0.717, 1.165) is 16.9 Å². The molecular weight excluding hydrogens is 334 g/mol. The molecule has 0 amide bonds. The van der Waals surface area contributed by atoms with Crippen LogP contribution in [0.5, 0.6) is 0 Å². The quantitative estimate of drug-likeness (QED) is 0.565. The van der Waals surface area contributed by atoms with Gasteiger partial charge in [0.1, 0.15) is 0 Å². The molecule has 112 valence electrons. The summed E-state index contributed by atoms with van der Waals surface area (Å²) in [7, 11) is 0. The van der Waals surface area contributed by atoms with E-state index in [1.165, 1.54) is 43.4 Å². The molecule has 0 aromatic heterocycles. The third-order valence-electron chi connectivity index (χ3n) is 4.21. The van der Waals surface area contributed by atoms with Crippen LogP contribution >= 0.6 is 27.5 Å². The van der Waals surface area contributed by atoms with Crippen molar-refractivity contribution in [2.75, 3.05) is 11.4 Å². The van der Waals surface area contributed by atoms with Crippen molar-refractivity contribution in [2.24, 2.45) is 5.92 Å². The number of nitrogens with zero attached hydrogens (tertiary/aromatic N) is 1. The predicted molar refractivity (Wildman–Crippen MR) is 92.8 cm³/mol. The lowest BCUT2D eigenvalue weighted by Crippen LogP contribution is -2.35. The van der Waals surface area contributed by atoms with E-state index in [1.807, 2.05) is 0 Å². The van der Waals surface area contributed by atoms with Crippen LogP contribution in [0.2, 0.25) is 0 Å². The van der Waals surface area contributed by atoms with Crippen molar-refractivity contribution in [2.45, 2.75) is 57.9 Å². The normalized spacial score (nSPS) is 16.1. The van der Waals surface area contributed by atoms with Crippen molar-refractivity contribution in [3.05, 3.63) is 28.2 Å². The topological polar surface area (TPSA) is 3.24 Å². The summed E-state index contributed by atoms with van der Waals surface area (Å²) in [4.78, 5) is 2.62. The second-order valence-corrected chi connectivity index (χ2v) is 7.40. The number of hydrogen-bond acceptors (Lipinski definition) is 1. The molecule has 0 spiro atoms. The van der Waals surface area contributed by atoms with E-state index >= 15 is 0 Å². The van der Waals surface area contributed by atoms with E-state index < -0.39 is 0 Å². The number of rotatable bonds is 6. The zero-order chi connectivity index (χ0) is 14.5. The van der Waals surface area contributed by atoms with Crippen LogP contribution in [0.3, 0.4) is 0 Å². The molecule has 1 aromatic rings. The van der Waals surface area contributed by atoms with Gasteiger partial charge in [0, 0.05) is 28.6 Å². The van der Waals surface area contributed by atoms with Gasteiger partial charge in [-0.3, -0.25) is 0 Å². The van der Waals surface area contributed by atoms with Crippen LogP contribution < -0.4 is 4.90 Å². The number of alkyl halides is 1. The van der Waals surface area contributed by atoms with Gasteiger partial charge in [0.05, 0.1) is 0 Å². The Balaban J connectivity index is 2.26. The Kier molecular flexibility index (Phi) is 6.22. The van der Waals surface area contributed by atoms with E-state index in [4.69, 9.17) is 11.6 Å². The van der Waals surface area contributed by atoms with Gasteiger partial charge in [-0.05, 0) is 42.9 Å². The van der Waals surface area contributed by atoms with Gasteiger partial charge in [-0.2, -0.15) is 0 Å². The molecule has 0 aliphatic heterocycles. The monoisotopic (exact) mass is 357 g/mol. The summed E-state index contributed by atoms with van der Waals surface area (Å²) in [5.74, 6) is 1.33. The van der Waals surface area contributed by atoms with Gasteiger partial charge in [-0.25, -0.2) is 0 Å². The summed E-state index contributed by atoms with van der Waals surface area (Å²) in [5, 5.41) is 0. The van der Waals surface area contributed by atoms with Crippen molar-refractivity contribution in [3.8, 4) is 0 Å². The summed E-state index contributed by atoms with van der Waals surface area (Å²) in [6.45, 7) is 5.75. The first-order chi connectivity index (χ1) is 9.61. The number of anilines is 1. The van der Waals surface area contributed by atoms with E-state index in [0.29, 0.717) is 11.9 Å². The Morgan fingerprint density at radius 3 is 2.60 bits per heavy atom. The largest absolute Gasteiger partial charge is 0.368 e. The van der Waals surface area contributed by atoms with Crippen molar-refractivity contribution < 1.29 is 0 Å². The van der Waals surface area contributed by atoms with E-state index in [9.17, 15) is 0 Å². The molecule has 0 saturated heterocycles. The van der Waals surface area contributed by atoms with Crippen LogP contribution in [-0.4, -0.2) is 12.6 Å². The van der Waals surface area contributed by atoms with E-state index in [-0.39, 0.29) is 0 Å². The first kappa shape index (κ1) is 16.2. The molecular formula is C17H25BrClN. The van der Waals surface area contributed by atoms with Gasteiger partial charge in [0.2, 0.25) is 0 Å². The van der Waals surface area contributed by atoms with Crippen LogP contribution in [0.1, 0.15) is 51.5 Å². The maximum absolute atomic E-state index is 6.16. The zero-order valence-electron chi connectivity index (χ0n) is 12.5. The van der Waals surface area contributed by atoms with Crippen molar-refractivity contribution in [3.63, 3.8) is 0 Å². The molecule has 0 heterocycles. The minimum Gasteiger partial charge on any atom is -0.368 e. The highest BCUT2D eigenvalue weighted by Crippen LogP contribution is 2.33. The van der Waals surface area contributed by atoms with Gasteiger partial charge in [-0.15, -0.1) is 11.6 Å². The molecule has 1 saturated carbocycles. The third-order valence-corrected chi connectivity index (χ3v) is 4.99. The lowest BCUT2D eigenvalue weighted by molar-refractivity contribution is 0.527. The summed E-state index contributed by atoms with van der Waals surface area (Å²) in [5.41, 5.74) is 2.59. The molecule has 1 nitrogen and oxygen atoms in total. The van der Waals surface area contributed by atoms with Crippen LogP contribution in [0.4, 0.5) is 5.69 Å². The molecule has 3 heteroatoms. The van der Waals surface area contributed by atoms with Crippen molar-refractivity contribution in [1.29, 1.82) is 0 Å². The number of hydrogen-bond donors (Lipinski definition) is 0. The van der Waals surface area contributed by atoms with Crippen molar-refractivity contribution >= 4 is 33.2 Å². The lowest BCUT2D eigenvalue weighted by Gasteiger charge is -2.33. The predicted octanol–water partition coefficient (Wildman–Crippen LogP) is 5.98. The fourth-order valence-electron chi connectivity index (χ4n) is 3.03. The maximum atomic E-state index is 6.16. The highest BCUT2D eigenvalue weighted by atomic mass is 79.9. The maximum Gasteiger partial charge on any atom is 0.0494 e. The second-order valence-electron chi connectivity index (χ2n) is 6.22. The Morgan fingerprint density at radius 1 is 1.30 bits per heavy atom. The van der Waals surface area contributed by atoms with Crippen LogP contribution in [0.15, 0.2) is 22.7 Å². The van der Waals surface area contributed by atoms with Gasteiger partial charge in [0.15, 0.2) is 0 Å². The first-order valence-electron chi connectivity index (χ1n) is 7.73.